The van der Waals surface area contributed by atoms with Gasteiger partial charge in [0.25, 0.3) is 5.91 Å². The van der Waals surface area contributed by atoms with Gasteiger partial charge in [-0.25, -0.2) is 0 Å². The second-order valence-corrected chi connectivity index (χ2v) is 10.6. The van der Waals surface area contributed by atoms with Crippen LogP contribution in [0.5, 0.6) is 5.75 Å². The number of pyridine rings is 2. The molecule has 0 spiro atoms. The van der Waals surface area contributed by atoms with Crippen LogP contribution < -0.4 is 10.1 Å². The number of hydrogen-bond donors (Lipinski definition) is 1. The molecule has 6 nitrogen and oxygen atoms in total. The zero-order valence-corrected chi connectivity index (χ0v) is 23.7. The number of para-hydroxylation sites is 1. The van der Waals surface area contributed by atoms with Gasteiger partial charge in [0, 0.05) is 49.2 Å². The van der Waals surface area contributed by atoms with Crippen LogP contribution in [0.25, 0.3) is 23.1 Å². The number of anilines is 1. The molecular formula is C36H34N4O2. The number of likely N-dealkylation sites (tertiary alicyclic amines) is 1. The Morgan fingerprint density at radius 2 is 1.74 bits per heavy atom. The summed E-state index contributed by atoms with van der Waals surface area (Å²) in [5, 5.41) is 4.49. The molecule has 5 aromatic rings. The second-order valence-electron chi connectivity index (χ2n) is 10.6. The van der Waals surface area contributed by atoms with E-state index in [2.05, 4.69) is 58.9 Å². The minimum atomic E-state index is 0.0174. The molecule has 3 aromatic carbocycles. The van der Waals surface area contributed by atoms with E-state index in [1.54, 1.807) is 19.5 Å². The van der Waals surface area contributed by atoms with Gasteiger partial charge in [-0.3, -0.25) is 14.8 Å². The number of fused-ring (bicyclic) bond motifs is 1. The molecule has 0 atom stereocenters. The van der Waals surface area contributed by atoms with Gasteiger partial charge in [0.05, 0.1) is 23.9 Å². The third kappa shape index (κ3) is 6.03. The van der Waals surface area contributed by atoms with E-state index >= 15 is 0 Å². The van der Waals surface area contributed by atoms with Gasteiger partial charge in [0.1, 0.15) is 5.75 Å². The van der Waals surface area contributed by atoms with E-state index in [1.807, 2.05) is 59.6 Å². The van der Waals surface area contributed by atoms with Crippen molar-refractivity contribution in [2.24, 2.45) is 0 Å². The molecule has 0 unspecified atom stereocenters. The molecular weight excluding hydrogens is 520 g/mol. The molecule has 1 saturated heterocycles. The summed E-state index contributed by atoms with van der Waals surface area (Å²) in [4.78, 5) is 25.1. The summed E-state index contributed by atoms with van der Waals surface area (Å²) in [5.41, 5.74) is 6.69. The Bertz CT molecular complexity index is 1680. The number of piperidine rings is 1. The van der Waals surface area contributed by atoms with E-state index in [1.165, 1.54) is 5.56 Å². The predicted molar refractivity (Wildman–Crippen MR) is 170 cm³/mol. The maximum Gasteiger partial charge on any atom is 0.257 e. The molecule has 1 N–H and O–H groups in total. The Morgan fingerprint density at radius 3 is 2.48 bits per heavy atom. The highest BCUT2D eigenvalue weighted by Crippen LogP contribution is 2.33. The summed E-state index contributed by atoms with van der Waals surface area (Å²) in [6.45, 7) is 2.00. The van der Waals surface area contributed by atoms with Crippen LogP contribution in [-0.2, 0) is 6.54 Å². The first-order valence-electron chi connectivity index (χ1n) is 14.4. The van der Waals surface area contributed by atoms with Gasteiger partial charge in [0.2, 0.25) is 0 Å². The monoisotopic (exact) mass is 554 g/mol. The minimum Gasteiger partial charge on any atom is -0.497 e. The van der Waals surface area contributed by atoms with Crippen LogP contribution in [0.15, 0.2) is 104 Å². The number of ether oxygens (including phenoxy) is 1. The van der Waals surface area contributed by atoms with Crippen LogP contribution in [0.4, 0.5) is 5.69 Å². The average molecular weight is 555 g/mol. The SMILES string of the molecule is COc1ccc(/C=C/c2cccc3c(NCc4cccnc4)c(C(=O)N4CCC(c5ccccc5)CC4)cnc23)cc1. The summed E-state index contributed by atoms with van der Waals surface area (Å²) < 4.78 is 5.28. The summed E-state index contributed by atoms with van der Waals surface area (Å²) in [5.74, 6) is 1.32. The summed E-state index contributed by atoms with van der Waals surface area (Å²) in [6, 6.07) is 28.6. The standard InChI is InChI=1S/C36H34N4O2/c1-42-31-16-13-26(14-17-31)12-15-30-10-5-11-32-34(30)39-25-33(35(32)38-24-27-7-6-20-37-23-27)36(41)40-21-18-29(19-22-40)28-8-3-2-4-9-28/h2-17,20,23,25,29H,18-19,21-22,24H2,1H3,(H,38,39)/b15-12+. The highest BCUT2D eigenvalue weighted by molar-refractivity contribution is 6.08. The number of aromatic nitrogens is 2. The van der Waals surface area contributed by atoms with E-state index in [0.717, 1.165) is 65.0 Å². The van der Waals surface area contributed by atoms with E-state index in [4.69, 9.17) is 9.72 Å². The van der Waals surface area contributed by atoms with Crippen molar-refractivity contribution in [2.45, 2.75) is 25.3 Å². The average Bonchev–Trinajstić information content (AvgIpc) is 3.07. The van der Waals surface area contributed by atoms with E-state index in [9.17, 15) is 4.79 Å². The van der Waals surface area contributed by atoms with Crippen molar-refractivity contribution in [1.29, 1.82) is 0 Å². The van der Waals surface area contributed by atoms with Crippen LogP contribution in [0, 0.1) is 0 Å². The Hall–Kier alpha value is -4.97. The lowest BCUT2D eigenvalue weighted by Crippen LogP contribution is -2.38. The third-order valence-electron chi connectivity index (χ3n) is 7.98. The van der Waals surface area contributed by atoms with Crippen molar-refractivity contribution in [3.8, 4) is 5.75 Å². The van der Waals surface area contributed by atoms with Crippen molar-refractivity contribution < 1.29 is 9.53 Å². The Kier molecular flexibility index (Phi) is 8.22. The second kappa shape index (κ2) is 12.7. The molecule has 0 saturated carbocycles. The fraction of sp³-hybridized carbons (Fsp3) is 0.194. The van der Waals surface area contributed by atoms with Gasteiger partial charge in [0.15, 0.2) is 0 Å². The van der Waals surface area contributed by atoms with E-state index < -0.39 is 0 Å². The van der Waals surface area contributed by atoms with Gasteiger partial charge >= 0.3 is 0 Å². The van der Waals surface area contributed by atoms with Crippen LogP contribution in [0.1, 0.15) is 51.4 Å². The minimum absolute atomic E-state index is 0.0174. The smallest absolute Gasteiger partial charge is 0.257 e. The summed E-state index contributed by atoms with van der Waals surface area (Å²) in [7, 11) is 1.66. The topological polar surface area (TPSA) is 67.3 Å². The molecule has 210 valence electrons. The lowest BCUT2D eigenvalue weighted by molar-refractivity contribution is 0.0713. The zero-order chi connectivity index (χ0) is 28.7. The number of carbonyl (C=O) groups is 1. The van der Waals surface area contributed by atoms with Gasteiger partial charge < -0.3 is 15.0 Å². The molecule has 1 aliphatic rings. The predicted octanol–water partition coefficient (Wildman–Crippen LogP) is 7.44. The molecule has 0 radical (unpaired) electrons. The largest absolute Gasteiger partial charge is 0.497 e. The Balaban J connectivity index is 1.30. The zero-order valence-electron chi connectivity index (χ0n) is 23.7. The van der Waals surface area contributed by atoms with E-state index in [-0.39, 0.29) is 5.91 Å². The lowest BCUT2D eigenvalue weighted by atomic mass is 9.89. The fourth-order valence-corrected chi connectivity index (χ4v) is 5.64. The van der Waals surface area contributed by atoms with Crippen molar-refractivity contribution in [1.82, 2.24) is 14.9 Å². The number of carbonyl (C=O) groups excluding carboxylic acids is 1. The van der Waals surface area contributed by atoms with Gasteiger partial charge in [-0.05, 0) is 53.6 Å². The molecule has 1 fully saturated rings. The first-order chi connectivity index (χ1) is 20.7. The first kappa shape index (κ1) is 27.2. The number of hydrogen-bond acceptors (Lipinski definition) is 5. The summed E-state index contributed by atoms with van der Waals surface area (Å²) >= 11 is 0. The Labute approximate surface area is 246 Å². The van der Waals surface area contributed by atoms with E-state index in [0.29, 0.717) is 18.0 Å². The summed E-state index contributed by atoms with van der Waals surface area (Å²) in [6.07, 6.45) is 11.4. The highest BCUT2D eigenvalue weighted by atomic mass is 16.5. The molecule has 0 bridgehead atoms. The number of amides is 1. The normalized spacial score (nSPS) is 13.9. The van der Waals surface area contributed by atoms with Crippen molar-refractivity contribution in [2.75, 3.05) is 25.5 Å². The number of nitrogens with one attached hydrogen (secondary N) is 1. The fourth-order valence-electron chi connectivity index (χ4n) is 5.64. The van der Waals surface area contributed by atoms with Gasteiger partial charge in [-0.1, -0.05) is 78.9 Å². The molecule has 42 heavy (non-hydrogen) atoms. The van der Waals surface area contributed by atoms with Crippen molar-refractivity contribution in [3.05, 3.63) is 131 Å². The quantitative estimate of drug-likeness (QED) is 0.202. The molecule has 2 aromatic heterocycles. The van der Waals surface area contributed by atoms with Crippen molar-refractivity contribution >= 4 is 34.6 Å². The van der Waals surface area contributed by atoms with Crippen molar-refractivity contribution in [3.63, 3.8) is 0 Å². The number of benzene rings is 3. The highest BCUT2D eigenvalue weighted by Gasteiger charge is 2.27. The van der Waals surface area contributed by atoms with Crippen LogP contribution in [0.2, 0.25) is 0 Å². The Morgan fingerprint density at radius 1 is 0.929 bits per heavy atom. The number of rotatable bonds is 8. The number of nitrogens with zero attached hydrogens (tertiary/aromatic N) is 3. The lowest BCUT2D eigenvalue weighted by Gasteiger charge is -2.33. The van der Waals surface area contributed by atoms with Gasteiger partial charge in [-0.2, -0.15) is 0 Å². The molecule has 0 aliphatic carbocycles. The van der Waals surface area contributed by atoms with Crippen LogP contribution in [-0.4, -0.2) is 41.0 Å². The molecule has 6 heteroatoms. The number of methoxy groups -OCH3 is 1. The first-order valence-corrected chi connectivity index (χ1v) is 14.4. The maximum absolute atomic E-state index is 14.0. The molecule has 6 rings (SSSR count). The van der Waals surface area contributed by atoms with Crippen LogP contribution >= 0.6 is 0 Å². The van der Waals surface area contributed by atoms with Gasteiger partial charge in [-0.15, -0.1) is 0 Å². The van der Waals surface area contributed by atoms with Crippen LogP contribution in [0.3, 0.4) is 0 Å². The molecule has 1 aliphatic heterocycles. The maximum atomic E-state index is 14.0. The molecule has 1 amide bonds. The third-order valence-corrected chi connectivity index (χ3v) is 7.98. The molecule has 3 heterocycles.